The average Bonchev–Trinajstić information content (AvgIpc) is 3.18. The number of carbonyl (C=O) groups excluding carboxylic acids is 1. The molecule has 0 atom stereocenters. The summed E-state index contributed by atoms with van der Waals surface area (Å²) in [5, 5.41) is 3.63. The molecule has 1 aromatic heterocycles. The van der Waals surface area contributed by atoms with Gasteiger partial charge >= 0.3 is 6.18 Å². The minimum absolute atomic E-state index is 0.0808. The molecule has 1 amide bonds. The van der Waals surface area contributed by atoms with Gasteiger partial charge in [-0.2, -0.15) is 13.2 Å². The van der Waals surface area contributed by atoms with Crippen molar-refractivity contribution < 1.29 is 27.1 Å². The Bertz CT molecular complexity index is 1050. The van der Waals surface area contributed by atoms with Crippen LogP contribution in [-0.4, -0.2) is 23.7 Å². The van der Waals surface area contributed by atoms with Gasteiger partial charge in [0.05, 0.1) is 11.2 Å². The fraction of sp³-hybridized carbons (Fsp3) is 0.238. The Morgan fingerprint density at radius 3 is 2.71 bits per heavy atom. The molecule has 0 radical (unpaired) electrons. The molecule has 0 fully saturated rings. The van der Waals surface area contributed by atoms with Gasteiger partial charge in [0.2, 0.25) is 5.91 Å². The molecule has 1 heterocycles. The molecular formula is C21H17Cl2F3N2O3. The molecule has 2 aromatic carbocycles. The first-order valence-corrected chi connectivity index (χ1v) is 9.90. The van der Waals surface area contributed by atoms with E-state index < -0.39 is 12.8 Å². The largest absolute Gasteiger partial charge is 0.484 e. The summed E-state index contributed by atoms with van der Waals surface area (Å²) in [4.78, 5) is 16.3. The number of halogens is 5. The number of hydrogen-bond acceptors (Lipinski definition) is 4. The van der Waals surface area contributed by atoms with Crippen LogP contribution in [0, 0.1) is 0 Å². The van der Waals surface area contributed by atoms with Gasteiger partial charge in [-0.3, -0.25) is 4.79 Å². The number of ether oxygens (including phenoxy) is 1. The number of oxazole rings is 1. The van der Waals surface area contributed by atoms with Gasteiger partial charge in [0.15, 0.2) is 18.3 Å². The van der Waals surface area contributed by atoms with Gasteiger partial charge in [-0.1, -0.05) is 35.3 Å². The van der Waals surface area contributed by atoms with E-state index in [4.69, 9.17) is 32.4 Å². The van der Waals surface area contributed by atoms with Crippen LogP contribution in [0.25, 0.3) is 11.3 Å². The van der Waals surface area contributed by atoms with E-state index in [2.05, 4.69) is 10.3 Å². The molecule has 3 aromatic rings. The Morgan fingerprint density at radius 2 is 1.97 bits per heavy atom. The zero-order valence-electron chi connectivity index (χ0n) is 16.0. The standard InChI is InChI=1S/C21H17Cl2F3N2O3/c22-14-4-5-16(17(23)9-14)18-11-28-20(31-18)7-6-19(29)27-10-13-2-1-3-15(8-13)30-12-21(24,25)26/h1-5,8-9,11H,6-7,10,12H2,(H,27,29). The summed E-state index contributed by atoms with van der Waals surface area (Å²) >= 11 is 12.0. The summed E-state index contributed by atoms with van der Waals surface area (Å²) in [6.07, 6.45) is -2.50. The van der Waals surface area contributed by atoms with Crippen molar-refractivity contribution in [2.75, 3.05) is 6.61 Å². The molecule has 3 rings (SSSR count). The number of hydrogen-bond donors (Lipinski definition) is 1. The van der Waals surface area contributed by atoms with E-state index in [9.17, 15) is 18.0 Å². The van der Waals surface area contributed by atoms with Crippen molar-refractivity contribution in [2.45, 2.75) is 25.6 Å². The first-order chi connectivity index (χ1) is 14.7. The predicted molar refractivity (Wildman–Crippen MR) is 110 cm³/mol. The molecule has 0 unspecified atom stereocenters. The van der Waals surface area contributed by atoms with Crippen LogP contribution in [-0.2, 0) is 17.8 Å². The molecule has 0 bridgehead atoms. The molecule has 31 heavy (non-hydrogen) atoms. The maximum absolute atomic E-state index is 12.2. The van der Waals surface area contributed by atoms with Crippen molar-refractivity contribution in [1.29, 1.82) is 0 Å². The molecule has 0 saturated carbocycles. The number of nitrogens with zero attached hydrogens (tertiary/aromatic N) is 1. The summed E-state index contributed by atoms with van der Waals surface area (Å²) in [7, 11) is 0. The van der Waals surface area contributed by atoms with E-state index in [1.165, 1.54) is 18.3 Å². The quantitative estimate of drug-likeness (QED) is 0.447. The van der Waals surface area contributed by atoms with E-state index >= 15 is 0 Å². The van der Waals surface area contributed by atoms with Crippen LogP contribution in [0.3, 0.4) is 0 Å². The fourth-order valence-corrected chi connectivity index (χ4v) is 3.16. The maximum atomic E-state index is 12.2. The topological polar surface area (TPSA) is 64.4 Å². The van der Waals surface area contributed by atoms with Gasteiger partial charge in [0, 0.05) is 30.0 Å². The minimum Gasteiger partial charge on any atom is -0.484 e. The third-order valence-corrected chi connectivity index (χ3v) is 4.65. The number of aromatic nitrogens is 1. The number of benzene rings is 2. The highest BCUT2D eigenvalue weighted by molar-refractivity contribution is 6.36. The summed E-state index contributed by atoms with van der Waals surface area (Å²) in [5.74, 6) is 0.662. The molecule has 0 saturated heterocycles. The summed E-state index contributed by atoms with van der Waals surface area (Å²) in [6.45, 7) is -1.22. The fourth-order valence-electron chi connectivity index (χ4n) is 2.66. The number of aryl methyl sites for hydroxylation is 1. The van der Waals surface area contributed by atoms with Crippen molar-refractivity contribution in [3.8, 4) is 17.1 Å². The Kier molecular flexibility index (Phi) is 7.46. The minimum atomic E-state index is -4.41. The summed E-state index contributed by atoms with van der Waals surface area (Å²) < 4.78 is 47.1. The maximum Gasteiger partial charge on any atom is 0.422 e. The lowest BCUT2D eigenvalue weighted by atomic mass is 10.2. The van der Waals surface area contributed by atoms with E-state index in [1.807, 2.05) is 0 Å². The van der Waals surface area contributed by atoms with Gasteiger partial charge in [0.1, 0.15) is 5.75 Å². The van der Waals surface area contributed by atoms with E-state index in [-0.39, 0.29) is 31.0 Å². The van der Waals surface area contributed by atoms with Gasteiger partial charge in [-0.25, -0.2) is 4.98 Å². The van der Waals surface area contributed by atoms with Crippen molar-refractivity contribution in [2.24, 2.45) is 0 Å². The summed E-state index contributed by atoms with van der Waals surface area (Å²) in [6, 6.07) is 11.1. The van der Waals surface area contributed by atoms with E-state index in [0.29, 0.717) is 32.8 Å². The first kappa shape index (κ1) is 23.0. The third-order valence-electron chi connectivity index (χ3n) is 4.11. The molecule has 0 aliphatic heterocycles. The monoisotopic (exact) mass is 472 g/mol. The number of carbonyl (C=O) groups is 1. The molecule has 1 N–H and O–H groups in total. The average molecular weight is 473 g/mol. The molecular weight excluding hydrogens is 456 g/mol. The van der Waals surface area contributed by atoms with Crippen molar-refractivity contribution in [3.63, 3.8) is 0 Å². The highest BCUT2D eigenvalue weighted by atomic mass is 35.5. The van der Waals surface area contributed by atoms with Crippen molar-refractivity contribution >= 4 is 29.1 Å². The molecule has 164 valence electrons. The SMILES string of the molecule is O=C(CCc1ncc(-c2ccc(Cl)cc2Cl)o1)NCc1cccc(OCC(F)(F)F)c1. The number of nitrogens with one attached hydrogen (secondary N) is 1. The third kappa shape index (κ3) is 7.18. The Hall–Kier alpha value is -2.71. The lowest BCUT2D eigenvalue weighted by Crippen LogP contribution is -2.23. The van der Waals surface area contributed by atoms with Gasteiger partial charge < -0.3 is 14.5 Å². The second-order valence-corrected chi connectivity index (χ2v) is 7.41. The van der Waals surface area contributed by atoms with E-state index in [1.54, 1.807) is 30.3 Å². The zero-order valence-corrected chi connectivity index (χ0v) is 17.5. The number of rotatable bonds is 8. The lowest BCUT2D eigenvalue weighted by molar-refractivity contribution is -0.153. The van der Waals surface area contributed by atoms with Crippen LogP contribution >= 0.6 is 23.2 Å². The Labute approximate surface area is 186 Å². The Morgan fingerprint density at radius 1 is 1.16 bits per heavy atom. The number of alkyl halides is 3. The van der Waals surface area contributed by atoms with Crippen LogP contribution < -0.4 is 10.1 Å². The van der Waals surface area contributed by atoms with Crippen LogP contribution in [0.15, 0.2) is 53.1 Å². The van der Waals surface area contributed by atoms with Crippen LogP contribution in [0.1, 0.15) is 17.9 Å². The van der Waals surface area contributed by atoms with Gasteiger partial charge in [0.25, 0.3) is 0 Å². The second kappa shape index (κ2) is 10.1. The second-order valence-electron chi connectivity index (χ2n) is 6.57. The van der Waals surface area contributed by atoms with Crippen molar-refractivity contribution in [1.82, 2.24) is 10.3 Å². The smallest absolute Gasteiger partial charge is 0.422 e. The molecule has 0 spiro atoms. The zero-order chi connectivity index (χ0) is 22.4. The molecule has 0 aliphatic rings. The van der Waals surface area contributed by atoms with Crippen LogP contribution in [0.2, 0.25) is 10.0 Å². The number of amides is 1. The highest BCUT2D eigenvalue weighted by Gasteiger charge is 2.28. The van der Waals surface area contributed by atoms with Crippen LogP contribution in [0.5, 0.6) is 5.75 Å². The highest BCUT2D eigenvalue weighted by Crippen LogP contribution is 2.30. The van der Waals surface area contributed by atoms with Crippen molar-refractivity contribution in [3.05, 3.63) is 70.2 Å². The molecule has 10 heteroatoms. The van der Waals surface area contributed by atoms with Crippen LogP contribution in [0.4, 0.5) is 13.2 Å². The summed E-state index contributed by atoms with van der Waals surface area (Å²) in [5.41, 5.74) is 1.26. The lowest BCUT2D eigenvalue weighted by Gasteiger charge is -2.10. The normalized spacial score (nSPS) is 11.4. The molecule has 5 nitrogen and oxygen atoms in total. The first-order valence-electron chi connectivity index (χ1n) is 9.15. The Balaban J connectivity index is 1.48. The van der Waals surface area contributed by atoms with Gasteiger partial charge in [-0.15, -0.1) is 0 Å². The van der Waals surface area contributed by atoms with E-state index in [0.717, 1.165) is 0 Å². The predicted octanol–water partition coefficient (Wildman–Crippen LogP) is 5.84. The molecule has 0 aliphatic carbocycles. The van der Waals surface area contributed by atoms with Gasteiger partial charge in [-0.05, 0) is 35.9 Å².